The molecular formula is C17H19Cl2NO2. The summed E-state index contributed by atoms with van der Waals surface area (Å²) in [4.78, 5) is 0. The van der Waals surface area contributed by atoms with Crippen LogP contribution >= 0.6 is 23.2 Å². The van der Waals surface area contributed by atoms with E-state index in [0.29, 0.717) is 27.2 Å². The van der Waals surface area contributed by atoms with Crippen molar-refractivity contribution < 1.29 is 9.47 Å². The number of ether oxygens (including phenoxy) is 2. The van der Waals surface area contributed by atoms with Crippen LogP contribution in [-0.4, -0.2) is 7.11 Å². The fraction of sp³-hybridized carbons (Fsp3) is 0.294. The number of benzene rings is 2. The predicted octanol–water partition coefficient (Wildman–Crippen LogP) is 5.67. The summed E-state index contributed by atoms with van der Waals surface area (Å²) in [5.74, 6) is 1.84. The lowest BCUT2D eigenvalue weighted by Gasteiger charge is -2.23. The molecule has 0 saturated heterocycles. The van der Waals surface area contributed by atoms with Gasteiger partial charge in [0.2, 0.25) is 0 Å². The van der Waals surface area contributed by atoms with Crippen molar-refractivity contribution in [2.45, 2.75) is 26.2 Å². The maximum absolute atomic E-state index is 6.16. The highest BCUT2D eigenvalue weighted by Gasteiger charge is 2.20. The predicted molar refractivity (Wildman–Crippen MR) is 92.6 cm³/mol. The first-order chi connectivity index (χ1) is 10.2. The van der Waals surface area contributed by atoms with Crippen molar-refractivity contribution in [3.8, 4) is 17.2 Å². The fourth-order valence-corrected chi connectivity index (χ4v) is 2.71. The Morgan fingerprint density at radius 1 is 1.00 bits per heavy atom. The van der Waals surface area contributed by atoms with Crippen molar-refractivity contribution in [2.24, 2.45) is 0 Å². The molecule has 3 nitrogen and oxygen atoms in total. The summed E-state index contributed by atoms with van der Waals surface area (Å²) >= 11 is 12.3. The summed E-state index contributed by atoms with van der Waals surface area (Å²) in [7, 11) is 1.65. The molecule has 0 heterocycles. The second kappa shape index (κ2) is 6.27. The van der Waals surface area contributed by atoms with Gasteiger partial charge in [-0.3, -0.25) is 0 Å². The van der Waals surface area contributed by atoms with Gasteiger partial charge in [-0.1, -0.05) is 44.0 Å². The number of anilines is 1. The van der Waals surface area contributed by atoms with Gasteiger partial charge in [-0.15, -0.1) is 0 Å². The average Bonchev–Trinajstić information content (AvgIpc) is 2.41. The van der Waals surface area contributed by atoms with E-state index in [2.05, 4.69) is 20.8 Å². The Hall–Kier alpha value is -1.58. The van der Waals surface area contributed by atoms with E-state index in [4.69, 9.17) is 38.4 Å². The normalized spacial score (nSPS) is 11.4. The molecule has 0 aromatic heterocycles. The number of nitrogen functional groups attached to an aromatic ring is 1. The molecule has 0 saturated carbocycles. The Morgan fingerprint density at radius 3 is 2.09 bits per heavy atom. The van der Waals surface area contributed by atoms with Crippen molar-refractivity contribution in [3.63, 3.8) is 0 Å². The third kappa shape index (κ3) is 3.60. The molecule has 0 radical (unpaired) electrons. The van der Waals surface area contributed by atoms with Crippen LogP contribution < -0.4 is 15.2 Å². The summed E-state index contributed by atoms with van der Waals surface area (Å²) in [5, 5.41) is 0.747. The minimum atomic E-state index is -0.0839. The van der Waals surface area contributed by atoms with Gasteiger partial charge in [0.15, 0.2) is 5.75 Å². The van der Waals surface area contributed by atoms with Crippen LogP contribution in [0.3, 0.4) is 0 Å². The highest BCUT2D eigenvalue weighted by Crippen LogP contribution is 2.40. The van der Waals surface area contributed by atoms with Crippen LogP contribution in [0.1, 0.15) is 26.3 Å². The largest absolute Gasteiger partial charge is 0.496 e. The van der Waals surface area contributed by atoms with E-state index in [1.54, 1.807) is 19.2 Å². The molecule has 2 aromatic rings. The van der Waals surface area contributed by atoms with Crippen LogP contribution in [0.4, 0.5) is 5.69 Å². The van der Waals surface area contributed by atoms with Crippen molar-refractivity contribution in [3.05, 3.63) is 45.9 Å². The molecule has 0 aliphatic heterocycles. The Labute approximate surface area is 140 Å². The second-order valence-corrected chi connectivity index (χ2v) is 6.84. The van der Waals surface area contributed by atoms with Gasteiger partial charge in [0.1, 0.15) is 11.5 Å². The summed E-state index contributed by atoms with van der Waals surface area (Å²) in [6.45, 7) is 6.33. The number of methoxy groups -OCH3 is 1. The van der Waals surface area contributed by atoms with Crippen molar-refractivity contribution in [1.82, 2.24) is 0 Å². The third-order valence-electron chi connectivity index (χ3n) is 3.22. The first-order valence-corrected chi connectivity index (χ1v) is 7.59. The van der Waals surface area contributed by atoms with Gasteiger partial charge in [0.05, 0.1) is 17.2 Å². The zero-order valence-corrected chi connectivity index (χ0v) is 14.5. The Morgan fingerprint density at radius 2 is 1.59 bits per heavy atom. The van der Waals surface area contributed by atoms with Gasteiger partial charge in [0.25, 0.3) is 0 Å². The van der Waals surface area contributed by atoms with E-state index in [-0.39, 0.29) is 5.41 Å². The SMILES string of the molecule is COc1ccc(Oc2c(Cl)cc(N)cc2Cl)cc1C(C)(C)C. The average molecular weight is 340 g/mol. The molecule has 2 N–H and O–H groups in total. The minimum absolute atomic E-state index is 0.0839. The molecule has 2 aromatic carbocycles. The first-order valence-electron chi connectivity index (χ1n) is 6.83. The molecule has 2 rings (SSSR count). The Kier molecular flexibility index (Phi) is 4.78. The topological polar surface area (TPSA) is 44.5 Å². The standard InChI is InChI=1S/C17H19Cl2NO2/c1-17(2,3)12-9-11(5-6-15(12)21-4)22-16-13(18)7-10(20)8-14(16)19/h5-9H,20H2,1-4H3. The lowest BCUT2D eigenvalue weighted by molar-refractivity contribution is 0.394. The Bertz CT molecular complexity index is 671. The number of halogens is 2. The summed E-state index contributed by atoms with van der Waals surface area (Å²) < 4.78 is 11.3. The highest BCUT2D eigenvalue weighted by molar-refractivity contribution is 6.37. The summed E-state index contributed by atoms with van der Waals surface area (Å²) in [6.07, 6.45) is 0. The zero-order chi connectivity index (χ0) is 16.5. The molecule has 118 valence electrons. The summed E-state index contributed by atoms with van der Waals surface area (Å²) in [5.41, 5.74) is 7.15. The monoisotopic (exact) mass is 339 g/mol. The number of hydrogen-bond acceptors (Lipinski definition) is 3. The third-order valence-corrected chi connectivity index (χ3v) is 3.78. The molecule has 22 heavy (non-hydrogen) atoms. The van der Waals surface area contributed by atoms with E-state index in [1.807, 2.05) is 18.2 Å². The van der Waals surface area contributed by atoms with Crippen LogP contribution in [0.5, 0.6) is 17.2 Å². The molecule has 0 amide bonds. The van der Waals surface area contributed by atoms with E-state index in [9.17, 15) is 0 Å². The van der Waals surface area contributed by atoms with E-state index in [0.717, 1.165) is 11.3 Å². The minimum Gasteiger partial charge on any atom is -0.496 e. The first kappa shape index (κ1) is 16.8. The van der Waals surface area contributed by atoms with Gasteiger partial charge in [0, 0.05) is 11.3 Å². The highest BCUT2D eigenvalue weighted by atomic mass is 35.5. The smallest absolute Gasteiger partial charge is 0.164 e. The van der Waals surface area contributed by atoms with E-state index < -0.39 is 0 Å². The maximum atomic E-state index is 6.16. The van der Waals surface area contributed by atoms with Crippen molar-refractivity contribution in [1.29, 1.82) is 0 Å². The zero-order valence-electron chi connectivity index (χ0n) is 13.0. The quantitative estimate of drug-likeness (QED) is 0.732. The number of hydrogen-bond donors (Lipinski definition) is 1. The van der Waals surface area contributed by atoms with Crippen molar-refractivity contribution in [2.75, 3.05) is 12.8 Å². The number of nitrogens with two attached hydrogens (primary N) is 1. The Balaban J connectivity index is 2.43. The van der Waals surface area contributed by atoms with Gasteiger partial charge in [-0.25, -0.2) is 0 Å². The van der Waals surface area contributed by atoms with Crippen molar-refractivity contribution >= 4 is 28.9 Å². The second-order valence-electron chi connectivity index (χ2n) is 6.03. The molecular weight excluding hydrogens is 321 g/mol. The van der Waals surface area contributed by atoms with Crippen LogP contribution in [0.2, 0.25) is 10.0 Å². The fourth-order valence-electron chi connectivity index (χ4n) is 2.13. The number of rotatable bonds is 3. The molecule has 0 fully saturated rings. The van der Waals surface area contributed by atoms with E-state index >= 15 is 0 Å². The van der Waals surface area contributed by atoms with Crippen LogP contribution in [0.15, 0.2) is 30.3 Å². The molecule has 0 atom stereocenters. The molecule has 0 aliphatic rings. The molecule has 0 spiro atoms. The van der Waals surface area contributed by atoms with Crippen LogP contribution in [0, 0.1) is 0 Å². The van der Waals surface area contributed by atoms with Gasteiger partial charge < -0.3 is 15.2 Å². The molecule has 0 aliphatic carbocycles. The lowest BCUT2D eigenvalue weighted by atomic mass is 9.86. The van der Waals surface area contributed by atoms with Gasteiger partial charge >= 0.3 is 0 Å². The lowest BCUT2D eigenvalue weighted by Crippen LogP contribution is -2.12. The van der Waals surface area contributed by atoms with E-state index in [1.165, 1.54) is 0 Å². The molecule has 0 bridgehead atoms. The molecule has 0 unspecified atom stereocenters. The van der Waals surface area contributed by atoms with Crippen LogP contribution in [-0.2, 0) is 5.41 Å². The van der Waals surface area contributed by atoms with Crippen LogP contribution in [0.25, 0.3) is 0 Å². The molecule has 5 heteroatoms. The van der Waals surface area contributed by atoms with Gasteiger partial charge in [-0.2, -0.15) is 0 Å². The maximum Gasteiger partial charge on any atom is 0.164 e. The van der Waals surface area contributed by atoms with Gasteiger partial charge in [-0.05, 0) is 35.7 Å². The summed E-state index contributed by atoms with van der Waals surface area (Å²) in [6, 6.07) is 8.84.